The maximum Gasteiger partial charge on any atom is 0.252 e. The van der Waals surface area contributed by atoms with Crippen molar-refractivity contribution >= 4 is 23.3 Å². The number of ether oxygens (including phenoxy) is 1. The van der Waals surface area contributed by atoms with Crippen LogP contribution in [-0.2, 0) is 4.74 Å². The van der Waals surface area contributed by atoms with Crippen LogP contribution in [0.5, 0.6) is 0 Å². The maximum atomic E-state index is 12.0. The molecule has 1 aromatic heterocycles. The van der Waals surface area contributed by atoms with E-state index in [1.54, 1.807) is 6.07 Å². The van der Waals surface area contributed by atoms with Gasteiger partial charge in [-0.25, -0.2) is 4.98 Å². The van der Waals surface area contributed by atoms with Crippen molar-refractivity contribution in [1.29, 1.82) is 0 Å². The van der Waals surface area contributed by atoms with E-state index in [1.165, 1.54) is 6.20 Å². The summed E-state index contributed by atoms with van der Waals surface area (Å²) >= 11 is 6.11. The average molecular weight is 298 g/mol. The van der Waals surface area contributed by atoms with Crippen LogP contribution in [0.4, 0.5) is 5.82 Å². The number of hydrogen-bond acceptors (Lipinski definition) is 4. The van der Waals surface area contributed by atoms with Crippen molar-refractivity contribution in [3.8, 4) is 0 Å². The standard InChI is InChI=1S/C14H20ClN3O2/c1-2-5-16-13-12(15)7-10(8-17-13)14(19)18-9-11-4-3-6-20-11/h7-8,11H,2-6,9H2,1H3,(H,16,17)(H,18,19). The van der Waals surface area contributed by atoms with Gasteiger partial charge in [-0.1, -0.05) is 18.5 Å². The van der Waals surface area contributed by atoms with E-state index in [0.717, 1.165) is 32.4 Å². The number of aromatic nitrogens is 1. The average Bonchev–Trinajstić information content (AvgIpc) is 2.96. The first-order valence-corrected chi connectivity index (χ1v) is 7.37. The zero-order valence-electron chi connectivity index (χ0n) is 11.6. The van der Waals surface area contributed by atoms with E-state index < -0.39 is 0 Å². The van der Waals surface area contributed by atoms with Crippen LogP contribution in [0.3, 0.4) is 0 Å². The van der Waals surface area contributed by atoms with Gasteiger partial charge in [0, 0.05) is 25.9 Å². The molecule has 1 saturated heterocycles. The molecule has 2 heterocycles. The predicted octanol–water partition coefficient (Wildman–Crippen LogP) is 2.47. The summed E-state index contributed by atoms with van der Waals surface area (Å²) < 4.78 is 5.46. The van der Waals surface area contributed by atoms with E-state index in [2.05, 4.69) is 22.5 Å². The van der Waals surface area contributed by atoms with Gasteiger partial charge in [-0.3, -0.25) is 4.79 Å². The summed E-state index contributed by atoms with van der Waals surface area (Å²) in [5, 5.41) is 6.42. The lowest BCUT2D eigenvalue weighted by molar-refractivity contribution is 0.0857. The molecule has 20 heavy (non-hydrogen) atoms. The van der Waals surface area contributed by atoms with Gasteiger partial charge in [-0.15, -0.1) is 0 Å². The molecule has 1 fully saturated rings. The van der Waals surface area contributed by atoms with Gasteiger partial charge in [-0.2, -0.15) is 0 Å². The normalized spacial score (nSPS) is 18.0. The van der Waals surface area contributed by atoms with Gasteiger partial charge in [0.2, 0.25) is 0 Å². The summed E-state index contributed by atoms with van der Waals surface area (Å²) in [6.45, 7) is 4.18. The third-order valence-corrected chi connectivity index (χ3v) is 3.45. The molecule has 1 aliphatic rings. The zero-order chi connectivity index (χ0) is 14.4. The second-order valence-electron chi connectivity index (χ2n) is 4.83. The number of pyridine rings is 1. The Labute approximate surface area is 124 Å². The molecule has 0 spiro atoms. The summed E-state index contributed by atoms with van der Waals surface area (Å²) in [5.41, 5.74) is 0.468. The minimum atomic E-state index is -0.169. The first-order valence-electron chi connectivity index (χ1n) is 7.00. The summed E-state index contributed by atoms with van der Waals surface area (Å²) in [4.78, 5) is 16.2. The molecule has 5 nitrogen and oxygen atoms in total. The van der Waals surface area contributed by atoms with Crippen LogP contribution in [-0.4, -0.2) is 36.7 Å². The van der Waals surface area contributed by atoms with Gasteiger partial charge < -0.3 is 15.4 Å². The molecule has 110 valence electrons. The van der Waals surface area contributed by atoms with Crippen LogP contribution in [0.2, 0.25) is 5.02 Å². The molecule has 0 aromatic carbocycles. The number of anilines is 1. The molecule has 2 N–H and O–H groups in total. The topological polar surface area (TPSA) is 63.2 Å². The maximum absolute atomic E-state index is 12.0. The van der Waals surface area contributed by atoms with Crippen molar-refractivity contribution in [3.63, 3.8) is 0 Å². The minimum Gasteiger partial charge on any atom is -0.376 e. The molecule has 1 aliphatic heterocycles. The fourth-order valence-electron chi connectivity index (χ4n) is 2.05. The highest BCUT2D eigenvalue weighted by Gasteiger charge is 2.17. The van der Waals surface area contributed by atoms with E-state index in [1.807, 2.05) is 0 Å². The van der Waals surface area contributed by atoms with Crippen LogP contribution in [0, 0.1) is 0 Å². The minimum absolute atomic E-state index is 0.132. The lowest BCUT2D eigenvalue weighted by Crippen LogP contribution is -2.31. The Kier molecular flexibility index (Phi) is 5.61. The number of halogens is 1. The summed E-state index contributed by atoms with van der Waals surface area (Å²) in [7, 11) is 0. The molecule has 1 unspecified atom stereocenters. The number of nitrogens with one attached hydrogen (secondary N) is 2. The van der Waals surface area contributed by atoms with Gasteiger partial charge in [0.05, 0.1) is 16.7 Å². The molecule has 1 amide bonds. The predicted molar refractivity (Wildman–Crippen MR) is 79.3 cm³/mol. The highest BCUT2D eigenvalue weighted by molar-refractivity contribution is 6.33. The van der Waals surface area contributed by atoms with E-state index >= 15 is 0 Å². The molecule has 6 heteroatoms. The van der Waals surface area contributed by atoms with Crippen LogP contribution >= 0.6 is 11.6 Å². The third-order valence-electron chi connectivity index (χ3n) is 3.16. The van der Waals surface area contributed by atoms with Crippen molar-refractivity contribution in [2.24, 2.45) is 0 Å². The Bertz CT molecular complexity index is 462. The van der Waals surface area contributed by atoms with E-state index in [0.29, 0.717) is 22.9 Å². The van der Waals surface area contributed by atoms with Crippen molar-refractivity contribution in [1.82, 2.24) is 10.3 Å². The van der Waals surface area contributed by atoms with E-state index in [9.17, 15) is 4.79 Å². The molecular weight excluding hydrogens is 278 g/mol. The van der Waals surface area contributed by atoms with Crippen molar-refractivity contribution in [2.75, 3.05) is 25.0 Å². The van der Waals surface area contributed by atoms with Gasteiger partial charge >= 0.3 is 0 Å². The summed E-state index contributed by atoms with van der Waals surface area (Å²) in [5.74, 6) is 0.445. The van der Waals surface area contributed by atoms with Crippen molar-refractivity contribution < 1.29 is 9.53 Å². The Balaban J connectivity index is 1.90. The Morgan fingerprint density at radius 2 is 2.45 bits per heavy atom. The number of rotatable bonds is 6. The summed E-state index contributed by atoms with van der Waals surface area (Å²) in [6, 6.07) is 1.64. The summed E-state index contributed by atoms with van der Waals surface area (Å²) in [6.07, 6.45) is 4.72. The lowest BCUT2D eigenvalue weighted by Gasteiger charge is -2.11. The fourth-order valence-corrected chi connectivity index (χ4v) is 2.28. The first-order chi connectivity index (χ1) is 9.70. The monoisotopic (exact) mass is 297 g/mol. The van der Waals surface area contributed by atoms with Gasteiger partial charge in [-0.05, 0) is 25.3 Å². The molecular formula is C14H20ClN3O2. The molecule has 0 aliphatic carbocycles. The quantitative estimate of drug-likeness (QED) is 0.847. The van der Waals surface area contributed by atoms with Crippen LogP contribution in [0.1, 0.15) is 36.5 Å². The van der Waals surface area contributed by atoms with Crippen LogP contribution in [0.25, 0.3) is 0 Å². The molecule has 0 saturated carbocycles. The van der Waals surface area contributed by atoms with Gasteiger partial charge in [0.25, 0.3) is 5.91 Å². The van der Waals surface area contributed by atoms with Crippen molar-refractivity contribution in [3.05, 3.63) is 22.8 Å². The molecule has 0 radical (unpaired) electrons. The smallest absolute Gasteiger partial charge is 0.252 e. The largest absolute Gasteiger partial charge is 0.376 e. The Morgan fingerprint density at radius 1 is 1.60 bits per heavy atom. The molecule has 2 rings (SSSR count). The second kappa shape index (κ2) is 7.45. The number of amides is 1. The van der Waals surface area contributed by atoms with Crippen molar-refractivity contribution in [2.45, 2.75) is 32.3 Å². The Morgan fingerprint density at radius 3 is 3.10 bits per heavy atom. The zero-order valence-corrected chi connectivity index (χ0v) is 12.4. The van der Waals surface area contributed by atoms with E-state index in [-0.39, 0.29) is 12.0 Å². The molecule has 1 aromatic rings. The highest BCUT2D eigenvalue weighted by Crippen LogP contribution is 2.20. The fraction of sp³-hybridized carbons (Fsp3) is 0.571. The second-order valence-corrected chi connectivity index (χ2v) is 5.23. The lowest BCUT2D eigenvalue weighted by atomic mass is 10.2. The van der Waals surface area contributed by atoms with Crippen LogP contribution < -0.4 is 10.6 Å². The van der Waals surface area contributed by atoms with E-state index in [4.69, 9.17) is 16.3 Å². The highest BCUT2D eigenvalue weighted by atomic mass is 35.5. The van der Waals surface area contributed by atoms with Gasteiger partial charge in [0.15, 0.2) is 0 Å². The number of carbonyl (C=O) groups excluding carboxylic acids is 1. The van der Waals surface area contributed by atoms with Crippen LogP contribution in [0.15, 0.2) is 12.3 Å². The third kappa shape index (κ3) is 4.08. The Hall–Kier alpha value is -1.33. The van der Waals surface area contributed by atoms with Gasteiger partial charge in [0.1, 0.15) is 5.82 Å². The molecule has 1 atom stereocenters. The molecule has 0 bridgehead atoms. The first kappa shape index (κ1) is 15.1. The number of carbonyl (C=O) groups is 1. The SMILES string of the molecule is CCCNc1ncc(C(=O)NCC2CCCO2)cc1Cl. The number of nitrogens with zero attached hydrogens (tertiary/aromatic N) is 1. The number of hydrogen-bond donors (Lipinski definition) is 2.